The largest absolute Gasteiger partial charge is 0.313 e. The fourth-order valence-electron chi connectivity index (χ4n) is 2.44. The van der Waals surface area contributed by atoms with E-state index in [1.54, 1.807) is 0 Å². The van der Waals surface area contributed by atoms with Gasteiger partial charge in [0.15, 0.2) is 0 Å². The molecule has 0 radical (unpaired) electrons. The van der Waals surface area contributed by atoms with Gasteiger partial charge in [0.25, 0.3) is 0 Å². The lowest BCUT2D eigenvalue weighted by molar-refractivity contribution is 0.217. The van der Waals surface area contributed by atoms with E-state index in [1.807, 2.05) is 0 Å². The quantitative estimate of drug-likeness (QED) is 0.610. The average Bonchev–Trinajstić information content (AvgIpc) is 2.24. The zero-order valence-corrected chi connectivity index (χ0v) is 14.5. The highest BCUT2D eigenvalue weighted by Crippen LogP contribution is 2.07. The molecule has 0 heterocycles. The highest BCUT2D eigenvalue weighted by Gasteiger charge is 2.10. The fraction of sp³-hybridized carbons (Fsp3) is 1.00. The summed E-state index contributed by atoms with van der Waals surface area (Å²) in [5.74, 6) is 2.34. The van der Waals surface area contributed by atoms with Gasteiger partial charge in [-0.1, -0.05) is 41.5 Å². The summed E-state index contributed by atoms with van der Waals surface area (Å²) in [5, 5.41) is 3.67. The van der Waals surface area contributed by atoms with Gasteiger partial charge in [0.2, 0.25) is 0 Å². The summed E-state index contributed by atoms with van der Waals surface area (Å²) < 4.78 is 0. The first-order valence-corrected chi connectivity index (χ1v) is 8.27. The summed E-state index contributed by atoms with van der Waals surface area (Å²) in [5.41, 5.74) is 0. The third-order valence-electron chi connectivity index (χ3n) is 3.34. The normalized spacial score (nSPS) is 14.1. The smallest absolute Gasteiger partial charge is 0.0107 e. The molecule has 2 heteroatoms. The maximum Gasteiger partial charge on any atom is 0.0107 e. The van der Waals surface area contributed by atoms with Crippen LogP contribution in [0.1, 0.15) is 61.3 Å². The molecule has 19 heavy (non-hydrogen) atoms. The molecule has 116 valence electrons. The molecule has 0 saturated carbocycles. The molecule has 0 amide bonds. The Hall–Kier alpha value is -0.0800. The van der Waals surface area contributed by atoms with Crippen LogP contribution in [0.5, 0.6) is 0 Å². The van der Waals surface area contributed by atoms with Crippen molar-refractivity contribution >= 4 is 0 Å². The van der Waals surface area contributed by atoms with Crippen LogP contribution in [-0.4, -0.2) is 37.1 Å². The number of rotatable bonds is 11. The first-order valence-electron chi connectivity index (χ1n) is 8.27. The van der Waals surface area contributed by atoms with Crippen LogP contribution in [0.4, 0.5) is 0 Å². The number of nitrogens with zero attached hydrogens (tertiary/aromatic N) is 1. The highest BCUT2D eigenvalue weighted by molar-refractivity contribution is 4.67. The molecule has 1 atom stereocenters. The Kier molecular flexibility index (Phi) is 10.6. The molecule has 0 fully saturated rings. The van der Waals surface area contributed by atoms with Crippen molar-refractivity contribution in [3.8, 4) is 0 Å². The number of nitrogens with one attached hydrogen (secondary N) is 1. The lowest BCUT2D eigenvalue weighted by Gasteiger charge is -2.27. The Morgan fingerprint density at radius 1 is 0.737 bits per heavy atom. The van der Waals surface area contributed by atoms with Crippen LogP contribution in [0, 0.1) is 17.8 Å². The van der Waals surface area contributed by atoms with Crippen molar-refractivity contribution in [2.45, 2.75) is 67.3 Å². The van der Waals surface area contributed by atoms with Gasteiger partial charge in [-0.15, -0.1) is 0 Å². The van der Waals surface area contributed by atoms with Gasteiger partial charge in [0.1, 0.15) is 0 Å². The average molecular weight is 271 g/mol. The molecule has 0 aliphatic carbocycles. The van der Waals surface area contributed by atoms with Crippen molar-refractivity contribution in [2.75, 3.05) is 26.2 Å². The van der Waals surface area contributed by atoms with E-state index in [2.05, 4.69) is 58.7 Å². The van der Waals surface area contributed by atoms with Gasteiger partial charge in [-0.25, -0.2) is 0 Å². The lowest BCUT2D eigenvalue weighted by atomic mass is 10.0. The van der Waals surface area contributed by atoms with Crippen LogP contribution in [0.2, 0.25) is 0 Å². The standard InChI is InChI=1S/C17H38N2/c1-14(2)8-9-17(7)18-10-11-19(12-15(3)4)13-16(5)6/h14-18H,8-13H2,1-7H3. The maximum absolute atomic E-state index is 3.67. The molecule has 0 rings (SSSR count). The van der Waals surface area contributed by atoms with Crippen molar-refractivity contribution in [2.24, 2.45) is 17.8 Å². The SMILES string of the molecule is CC(C)CCC(C)NCCN(CC(C)C)CC(C)C. The van der Waals surface area contributed by atoms with Crippen molar-refractivity contribution in [1.82, 2.24) is 10.2 Å². The van der Waals surface area contributed by atoms with Crippen LogP contribution in [-0.2, 0) is 0 Å². The molecule has 1 N–H and O–H groups in total. The second-order valence-corrected chi connectivity index (χ2v) is 7.37. The van der Waals surface area contributed by atoms with Crippen molar-refractivity contribution in [3.63, 3.8) is 0 Å². The summed E-state index contributed by atoms with van der Waals surface area (Å²) in [4.78, 5) is 2.61. The summed E-state index contributed by atoms with van der Waals surface area (Å²) >= 11 is 0. The van der Waals surface area contributed by atoms with E-state index in [0.29, 0.717) is 6.04 Å². The molecule has 0 aromatic carbocycles. The van der Waals surface area contributed by atoms with Gasteiger partial charge in [-0.2, -0.15) is 0 Å². The van der Waals surface area contributed by atoms with Gasteiger partial charge < -0.3 is 10.2 Å². The molecule has 0 aromatic heterocycles. The molecule has 2 nitrogen and oxygen atoms in total. The van der Waals surface area contributed by atoms with Crippen molar-refractivity contribution in [3.05, 3.63) is 0 Å². The fourth-order valence-corrected chi connectivity index (χ4v) is 2.44. The minimum Gasteiger partial charge on any atom is -0.313 e. The topological polar surface area (TPSA) is 15.3 Å². The van der Waals surface area contributed by atoms with Gasteiger partial charge in [0.05, 0.1) is 0 Å². The Bertz CT molecular complexity index is 189. The third-order valence-corrected chi connectivity index (χ3v) is 3.34. The minimum atomic E-state index is 0.655. The van der Waals surface area contributed by atoms with Gasteiger partial charge >= 0.3 is 0 Å². The summed E-state index contributed by atoms with van der Waals surface area (Å²) in [6.45, 7) is 20.9. The predicted octanol–water partition coefficient (Wildman–Crippen LogP) is 4.01. The third kappa shape index (κ3) is 12.7. The number of hydrogen-bond donors (Lipinski definition) is 1. The lowest BCUT2D eigenvalue weighted by Crippen LogP contribution is -2.39. The first-order chi connectivity index (χ1) is 8.81. The predicted molar refractivity (Wildman–Crippen MR) is 87.7 cm³/mol. The molecular weight excluding hydrogens is 232 g/mol. The molecule has 0 aromatic rings. The van der Waals surface area contributed by atoms with E-state index in [9.17, 15) is 0 Å². The molecule has 0 aliphatic heterocycles. The first kappa shape index (κ1) is 18.9. The summed E-state index contributed by atoms with van der Waals surface area (Å²) in [7, 11) is 0. The zero-order valence-electron chi connectivity index (χ0n) is 14.5. The Morgan fingerprint density at radius 3 is 1.68 bits per heavy atom. The van der Waals surface area contributed by atoms with Crippen LogP contribution < -0.4 is 5.32 Å². The highest BCUT2D eigenvalue weighted by atomic mass is 15.1. The molecule has 0 bridgehead atoms. The Labute approximate surface area is 122 Å². The molecule has 0 saturated heterocycles. The molecule has 0 aliphatic rings. The Balaban J connectivity index is 3.84. The minimum absolute atomic E-state index is 0.655. The van der Waals surface area contributed by atoms with Gasteiger partial charge in [0, 0.05) is 32.2 Å². The summed E-state index contributed by atoms with van der Waals surface area (Å²) in [6.07, 6.45) is 2.63. The summed E-state index contributed by atoms with van der Waals surface area (Å²) in [6, 6.07) is 0.655. The van der Waals surface area contributed by atoms with E-state index < -0.39 is 0 Å². The molecule has 0 spiro atoms. The monoisotopic (exact) mass is 270 g/mol. The van der Waals surface area contributed by atoms with Crippen LogP contribution in [0.3, 0.4) is 0 Å². The van der Waals surface area contributed by atoms with Crippen LogP contribution >= 0.6 is 0 Å². The second kappa shape index (κ2) is 10.7. The zero-order chi connectivity index (χ0) is 14.8. The second-order valence-electron chi connectivity index (χ2n) is 7.37. The van der Waals surface area contributed by atoms with E-state index in [-0.39, 0.29) is 0 Å². The molecule has 1 unspecified atom stereocenters. The number of hydrogen-bond acceptors (Lipinski definition) is 2. The van der Waals surface area contributed by atoms with E-state index >= 15 is 0 Å². The van der Waals surface area contributed by atoms with Crippen LogP contribution in [0.15, 0.2) is 0 Å². The van der Waals surface area contributed by atoms with Crippen molar-refractivity contribution < 1.29 is 0 Å². The van der Waals surface area contributed by atoms with Crippen LogP contribution in [0.25, 0.3) is 0 Å². The van der Waals surface area contributed by atoms with E-state index in [0.717, 1.165) is 24.3 Å². The van der Waals surface area contributed by atoms with Gasteiger partial charge in [-0.3, -0.25) is 0 Å². The van der Waals surface area contributed by atoms with E-state index in [1.165, 1.54) is 32.5 Å². The van der Waals surface area contributed by atoms with E-state index in [4.69, 9.17) is 0 Å². The Morgan fingerprint density at radius 2 is 1.26 bits per heavy atom. The maximum atomic E-state index is 3.67. The molecular formula is C17H38N2. The van der Waals surface area contributed by atoms with Gasteiger partial charge in [-0.05, 0) is 37.5 Å². The van der Waals surface area contributed by atoms with Crippen molar-refractivity contribution in [1.29, 1.82) is 0 Å².